The highest BCUT2D eigenvalue weighted by atomic mass is 32.1. The largest absolute Gasteiger partial charge is 0.499 e. The first-order valence-corrected chi connectivity index (χ1v) is 4.79. The van der Waals surface area contributed by atoms with Crippen molar-refractivity contribution < 1.29 is 9.59 Å². The van der Waals surface area contributed by atoms with Crippen molar-refractivity contribution in [3.8, 4) is 0 Å². The van der Waals surface area contributed by atoms with Crippen LogP contribution in [0.2, 0.25) is 0 Å². The van der Waals surface area contributed by atoms with Crippen LogP contribution in [-0.4, -0.2) is 42.8 Å². The predicted molar refractivity (Wildman–Crippen MR) is 64.7 cm³/mol. The maximum absolute atomic E-state index is 8.76. The summed E-state index contributed by atoms with van der Waals surface area (Å²) in [6.07, 6.45) is 0. The van der Waals surface area contributed by atoms with Crippen molar-refractivity contribution in [1.82, 2.24) is 0 Å². The Morgan fingerprint density at radius 1 is 1.07 bits per heavy atom. The molecule has 0 atom stereocenters. The average Bonchev–Trinajstić information content (AvgIpc) is 2.03. The highest BCUT2D eigenvalue weighted by Crippen LogP contribution is 1.97. The minimum Gasteiger partial charge on any atom is -0.499 e. The van der Waals surface area contributed by atoms with Crippen LogP contribution in [0, 0.1) is 0 Å². The van der Waals surface area contributed by atoms with Gasteiger partial charge in [0.1, 0.15) is 0 Å². The van der Waals surface area contributed by atoms with Gasteiger partial charge in [-0.05, 0) is 12.2 Å². The lowest BCUT2D eigenvalue weighted by Crippen LogP contribution is -2.27. The van der Waals surface area contributed by atoms with E-state index < -0.39 is 0 Å². The molecule has 0 spiro atoms. The Kier molecular flexibility index (Phi) is 5.35. The maximum Gasteiger partial charge on any atom is 0.188 e. The normalized spacial score (nSPS) is 10.0. The van der Waals surface area contributed by atoms with Crippen LogP contribution in [0.1, 0.15) is 5.56 Å². The number of aliphatic hydroxyl groups excluding tert-OH is 1. The third-order valence-electron chi connectivity index (χ3n) is 1.02. The highest BCUT2D eigenvalue weighted by molar-refractivity contribution is 7.80. The maximum atomic E-state index is 8.76. The Balaban J connectivity index is 0.000000292. The molecule has 78 valence electrons. The van der Waals surface area contributed by atoms with Gasteiger partial charge >= 0.3 is 0 Å². The average molecular weight is 212 g/mol. The third-order valence-corrected chi connectivity index (χ3v) is 1.26. The van der Waals surface area contributed by atoms with Crippen LogP contribution in [0.4, 0.5) is 0 Å². The second kappa shape index (κ2) is 5.73. The van der Waals surface area contributed by atoms with E-state index in [-0.39, 0.29) is 5.05 Å². The van der Waals surface area contributed by atoms with Crippen LogP contribution in [0.5, 0.6) is 0 Å². The van der Waals surface area contributed by atoms with Gasteiger partial charge in [0.15, 0.2) is 5.05 Å². The van der Waals surface area contributed by atoms with Crippen LogP contribution >= 0.6 is 12.2 Å². The van der Waals surface area contributed by atoms with Gasteiger partial charge in [0.2, 0.25) is 0 Å². The van der Waals surface area contributed by atoms with E-state index in [9.17, 15) is 0 Å². The number of benzene rings is 1. The molecule has 0 aliphatic rings. The minimum atomic E-state index is -0.0457. The number of quaternary nitrogens is 1. The number of thiocarbonyl (C=S) groups is 1. The van der Waals surface area contributed by atoms with E-state index in [1.807, 2.05) is 18.2 Å². The van der Waals surface area contributed by atoms with E-state index in [2.05, 4.69) is 40.4 Å². The van der Waals surface area contributed by atoms with Crippen molar-refractivity contribution in [3.05, 3.63) is 35.9 Å². The van der Waals surface area contributed by atoms with E-state index in [1.165, 1.54) is 0 Å². The lowest BCUT2D eigenvalue weighted by molar-refractivity contribution is -0.849. The molecule has 0 unspecified atom stereocenters. The van der Waals surface area contributed by atoms with Crippen molar-refractivity contribution in [2.75, 3.05) is 28.2 Å². The SMILES string of the molecule is C[N+](C)(C)C.OC(=S)c1ccccc1. The topological polar surface area (TPSA) is 20.2 Å². The monoisotopic (exact) mass is 212 g/mol. The molecule has 0 radical (unpaired) electrons. The van der Waals surface area contributed by atoms with E-state index in [0.29, 0.717) is 5.56 Å². The summed E-state index contributed by atoms with van der Waals surface area (Å²) >= 11 is 4.52. The summed E-state index contributed by atoms with van der Waals surface area (Å²) in [6.45, 7) is 0. The van der Waals surface area contributed by atoms with Gasteiger partial charge in [0.05, 0.1) is 28.2 Å². The molecule has 0 fully saturated rings. The van der Waals surface area contributed by atoms with Crippen LogP contribution in [0.25, 0.3) is 0 Å². The summed E-state index contributed by atoms with van der Waals surface area (Å²) in [5, 5.41) is 8.71. The molecule has 0 aliphatic carbocycles. The van der Waals surface area contributed by atoms with Crippen molar-refractivity contribution >= 4 is 17.3 Å². The minimum absolute atomic E-state index is 0.0457. The summed E-state index contributed by atoms with van der Waals surface area (Å²) in [5.74, 6) is 0. The second-order valence-corrected chi connectivity index (χ2v) is 4.74. The smallest absolute Gasteiger partial charge is 0.188 e. The van der Waals surface area contributed by atoms with Gasteiger partial charge in [-0.2, -0.15) is 0 Å². The Labute approximate surface area is 91.4 Å². The van der Waals surface area contributed by atoms with Gasteiger partial charge in [0.25, 0.3) is 0 Å². The standard InChI is InChI=1S/C7H6OS.C4H12N/c8-7(9)6-4-2-1-3-5-6;1-5(2,3)4/h1-5H,(H,8,9);1-4H3/q;+1. The predicted octanol–water partition coefficient (Wildman–Crippen LogP) is 2.24. The van der Waals surface area contributed by atoms with Gasteiger partial charge in [-0.15, -0.1) is 0 Å². The van der Waals surface area contributed by atoms with E-state index in [0.717, 1.165) is 4.48 Å². The number of hydrogen-bond donors (Lipinski definition) is 1. The molecule has 1 rings (SSSR count). The van der Waals surface area contributed by atoms with E-state index in [4.69, 9.17) is 5.11 Å². The Hall–Kier alpha value is -0.930. The lowest BCUT2D eigenvalue weighted by atomic mass is 10.2. The fourth-order valence-electron chi connectivity index (χ4n) is 0.581. The zero-order valence-electron chi connectivity index (χ0n) is 9.19. The molecule has 2 nitrogen and oxygen atoms in total. The van der Waals surface area contributed by atoms with Gasteiger partial charge in [-0.3, -0.25) is 0 Å². The van der Waals surface area contributed by atoms with Crippen molar-refractivity contribution in [3.63, 3.8) is 0 Å². The van der Waals surface area contributed by atoms with Crippen LogP contribution in [0.3, 0.4) is 0 Å². The molecule has 0 saturated heterocycles. The summed E-state index contributed by atoms with van der Waals surface area (Å²) in [6, 6.07) is 9.07. The first kappa shape index (κ1) is 13.1. The van der Waals surface area contributed by atoms with E-state index in [1.54, 1.807) is 12.1 Å². The number of rotatable bonds is 1. The molecular formula is C11H18NOS+. The Bertz CT molecular complexity index is 271. The molecule has 0 heterocycles. The molecule has 3 heteroatoms. The molecular weight excluding hydrogens is 194 g/mol. The van der Waals surface area contributed by atoms with Gasteiger partial charge in [-0.1, -0.05) is 30.3 Å². The van der Waals surface area contributed by atoms with Crippen LogP contribution in [0.15, 0.2) is 30.3 Å². The molecule has 1 aromatic carbocycles. The zero-order valence-corrected chi connectivity index (χ0v) is 10.0. The molecule has 14 heavy (non-hydrogen) atoms. The van der Waals surface area contributed by atoms with Crippen molar-refractivity contribution in [2.45, 2.75) is 0 Å². The van der Waals surface area contributed by atoms with Gasteiger partial charge in [0, 0.05) is 5.56 Å². The van der Waals surface area contributed by atoms with Crippen molar-refractivity contribution in [1.29, 1.82) is 0 Å². The first-order chi connectivity index (χ1) is 6.30. The summed E-state index contributed by atoms with van der Waals surface area (Å²) in [5.41, 5.74) is 0.701. The summed E-state index contributed by atoms with van der Waals surface area (Å²) in [4.78, 5) is 0. The number of hydrogen-bond acceptors (Lipinski definition) is 1. The van der Waals surface area contributed by atoms with Crippen LogP contribution < -0.4 is 0 Å². The highest BCUT2D eigenvalue weighted by Gasteiger charge is 1.91. The summed E-state index contributed by atoms with van der Waals surface area (Å²) < 4.78 is 1.00. The lowest BCUT2D eigenvalue weighted by Gasteiger charge is -2.14. The van der Waals surface area contributed by atoms with E-state index >= 15 is 0 Å². The Morgan fingerprint density at radius 3 is 1.64 bits per heavy atom. The molecule has 0 aliphatic heterocycles. The molecule has 0 saturated carbocycles. The molecule has 0 bridgehead atoms. The van der Waals surface area contributed by atoms with Gasteiger partial charge in [-0.25, -0.2) is 0 Å². The quantitative estimate of drug-likeness (QED) is 0.569. The van der Waals surface area contributed by atoms with Crippen LogP contribution in [-0.2, 0) is 0 Å². The number of nitrogens with zero attached hydrogens (tertiary/aromatic N) is 1. The molecule has 0 aromatic heterocycles. The molecule has 1 N–H and O–H groups in total. The first-order valence-electron chi connectivity index (χ1n) is 4.38. The van der Waals surface area contributed by atoms with Gasteiger partial charge < -0.3 is 9.59 Å². The zero-order chi connectivity index (χ0) is 11.2. The second-order valence-electron chi connectivity index (χ2n) is 4.35. The number of aliphatic hydroxyl groups is 1. The third kappa shape index (κ3) is 9.16. The fourth-order valence-corrected chi connectivity index (χ4v) is 0.717. The fraction of sp³-hybridized carbons (Fsp3) is 0.364. The Morgan fingerprint density at radius 2 is 1.43 bits per heavy atom. The summed E-state index contributed by atoms with van der Waals surface area (Å²) in [7, 11) is 8.50. The molecule has 1 aromatic rings. The molecule has 0 amide bonds. The van der Waals surface area contributed by atoms with Crippen molar-refractivity contribution in [2.24, 2.45) is 0 Å².